The first kappa shape index (κ1) is 22.8. The number of para-hydroxylation sites is 1. The van der Waals surface area contributed by atoms with Crippen LogP contribution in [0, 0.1) is 6.92 Å². The molecule has 0 spiro atoms. The van der Waals surface area contributed by atoms with Gasteiger partial charge in [-0.2, -0.15) is 0 Å². The maximum atomic E-state index is 13.3. The summed E-state index contributed by atoms with van der Waals surface area (Å²) < 4.78 is 24.9. The van der Waals surface area contributed by atoms with E-state index in [4.69, 9.17) is 0 Å². The van der Waals surface area contributed by atoms with Crippen LogP contribution in [0.25, 0.3) is 10.9 Å². The molecule has 0 unspecified atom stereocenters. The second kappa shape index (κ2) is 9.01. The maximum Gasteiger partial charge on any atom is 0.257 e. The van der Waals surface area contributed by atoms with Gasteiger partial charge in [0.25, 0.3) is 15.9 Å². The van der Waals surface area contributed by atoms with Crippen molar-refractivity contribution in [2.24, 2.45) is 0 Å². The van der Waals surface area contributed by atoms with Crippen LogP contribution in [-0.4, -0.2) is 36.7 Å². The van der Waals surface area contributed by atoms with Crippen LogP contribution in [0.3, 0.4) is 0 Å². The van der Waals surface area contributed by atoms with Crippen LogP contribution < -0.4 is 10.3 Å². The molecule has 1 aliphatic rings. The lowest BCUT2D eigenvalue weighted by Gasteiger charge is -2.25. The highest BCUT2D eigenvalue weighted by molar-refractivity contribution is 7.89. The van der Waals surface area contributed by atoms with Crippen LogP contribution in [0.4, 0.5) is 0 Å². The minimum atomic E-state index is -3.90. The number of sulfonamides is 1. The van der Waals surface area contributed by atoms with E-state index in [1.54, 1.807) is 23.1 Å². The molecule has 4 aromatic rings. The fourth-order valence-corrected chi connectivity index (χ4v) is 5.30. The van der Waals surface area contributed by atoms with Crippen molar-refractivity contribution in [2.45, 2.75) is 24.3 Å². The fourth-order valence-electron chi connectivity index (χ4n) is 4.44. The van der Waals surface area contributed by atoms with E-state index >= 15 is 0 Å². The Morgan fingerprint density at radius 1 is 0.971 bits per heavy atom. The van der Waals surface area contributed by atoms with Crippen LogP contribution in [0.5, 0.6) is 0 Å². The predicted molar refractivity (Wildman–Crippen MR) is 132 cm³/mol. The topological polar surface area (TPSA) is 111 Å². The summed E-state index contributed by atoms with van der Waals surface area (Å²) in [5.41, 5.74) is 6.56. The number of nitrogens with zero attached hydrogens (tertiary/aromatic N) is 1. The van der Waals surface area contributed by atoms with Gasteiger partial charge < -0.3 is 9.88 Å². The fraction of sp³-hybridized carbons (Fsp3) is 0.154. The zero-order valence-corrected chi connectivity index (χ0v) is 19.8. The molecule has 8 nitrogen and oxygen atoms in total. The highest BCUT2D eigenvalue weighted by Gasteiger charge is 2.38. The molecule has 178 valence electrons. The number of H-pyrrole nitrogens is 1. The molecule has 0 saturated carbocycles. The van der Waals surface area contributed by atoms with Crippen molar-refractivity contribution in [3.63, 3.8) is 0 Å². The number of aryl methyl sites for hydroxylation is 1. The summed E-state index contributed by atoms with van der Waals surface area (Å²) in [6.45, 7) is 1.98. The Labute approximate surface area is 203 Å². The molecule has 0 aliphatic carbocycles. The number of carbonyl (C=O) groups is 2. The van der Waals surface area contributed by atoms with Gasteiger partial charge in [-0.1, -0.05) is 54.1 Å². The summed E-state index contributed by atoms with van der Waals surface area (Å²) in [7, 11) is -3.90. The molecular weight excluding hydrogens is 464 g/mol. The maximum absolute atomic E-state index is 13.3. The Kier molecular flexibility index (Phi) is 5.88. The monoisotopic (exact) mass is 488 g/mol. The van der Waals surface area contributed by atoms with Gasteiger partial charge in [0.1, 0.15) is 0 Å². The van der Waals surface area contributed by atoms with E-state index in [9.17, 15) is 18.0 Å². The van der Waals surface area contributed by atoms with Gasteiger partial charge in [0.2, 0.25) is 5.91 Å². The third kappa shape index (κ3) is 4.31. The highest BCUT2D eigenvalue weighted by atomic mass is 32.2. The molecule has 3 N–H and O–H groups in total. The SMILES string of the molecule is Cc1ccc(S(=O)(=O)NNC(=O)CCN2C(=O)c3ccccc3[C@H]2c2c[nH]c3ccccc23)cc1. The number of nitrogens with one attached hydrogen (secondary N) is 3. The van der Waals surface area contributed by atoms with E-state index in [1.807, 2.05) is 55.6 Å². The molecule has 2 heterocycles. The molecule has 5 rings (SSSR count). The molecule has 35 heavy (non-hydrogen) atoms. The van der Waals surface area contributed by atoms with E-state index < -0.39 is 15.9 Å². The van der Waals surface area contributed by atoms with Gasteiger partial charge in [-0.3, -0.25) is 15.0 Å². The van der Waals surface area contributed by atoms with Crippen molar-refractivity contribution in [2.75, 3.05) is 6.54 Å². The van der Waals surface area contributed by atoms with Gasteiger partial charge in [0.15, 0.2) is 0 Å². The van der Waals surface area contributed by atoms with E-state index in [0.717, 1.165) is 27.6 Å². The van der Waals surface area contributed by atoms with Crippen molar-refractivity contribution >= 4 is 32.7 Å². The third-order valence-corrected chi connectivity index (χ3v) is 7.47. The minimum absolute atomic E-state index is 0.0490. The molecule has 0 radical (unpaired) electrons. The molecule has 1 atom stereocenters. The van der Waals surface area contributed by atoms with E-state index in [-0.39, 0.29) is 29.8 Å². The van der Waals surface area contributed by atoms with Crippen molar-refractivity contribution in [3.8, 4) is 0 Å². The normalized spacial score (nSPS) is 15.4. The Morgan fingerprint density at radius 3 is 2.49 bits per heavy atom. The average molecular weight is 489 g/mol. The summed E-state index contributed by atoms with van der Waals surface area (Å²) >= 11 is 0. The summed E-state index contributed by atoms with van der Waals surface area (Å²) in [6, 6.07) is 21.2. The number of benzene rings is 3. The number of hydrazine groups is 1. The number of carbonyl (C=O) groups excluding carboxylic acids is 2. The van der Waals surface area contributed by atoms with Crippen LogP contribution in [-0.2, 0) is 14.8 Å². The van der Waals surface area contributed by atoms with Gasteiger partial charge in [-0.05, 0) is 36.8 Å². The highest BCUT2D eigenvalue weighted by Crippen LogP contribution is 2.41. The number of aromatic amines is 1. The average Bonchev–Trinajstić information content (AvgIpc) is 3.40. The van der Waals surface area contributed by atoms with Gasteiger partial charge in [-0.15, -0.1) is 4.83 Å². The quantitative estimate of drug-likeness (QED) is 0.346. The first-order valence-electron chi connectivity index (χ1n) is 11.2. The smallest absolute Gasteiger partial charge is 0.257 e. The Hall–Kier alpha value is -3.95. The molecule has 2 amide bonds. The summed E-state index contributed by atoms with van der Waals surface area (Å²) in [5, 5.41) is 1.00. The second-order valence-corrected chi connectivity index (χ2v) is 10.2. The van der Waals surface area contributed by atoms with Crippen LogP contribution in [0.15, 0.2) is 83.9 Å². The minimum Gasteiger partial charge on any atom is -0.361 e. The first-order valence-corrected chi connectivity index (χ1v) is 12.7. The number of hydrogen-bond donors (Lipinski definition) is 3. The van der Waals surface area contributed by atoms with Crippen molar-refractivity contribution < 1.29 is 18.0 Å². The number of rotatable bonds is 7. The van der Waals surface area contributed by atoms with Crippen LogP contribution in [0.2, 0.25) is 0 Å². The van der Waals surface area contributed by atoms with Crippen molar-refractivity contribution in [3.05, 3.63) is 101 Å². The molecule has 1 aromatic heterocycles. The second-order valence-electron chi connectivity index (χ2n) is 8.49. The van der Waals surface area contributed by atoms with E-state index in [0.29, 0.717) is 5.56 Å². The van der Waals surface area contributed by atoms with Crippen molar-refractivity contribution in [1.82, 2.24) is 20.1 Å². The van der Waals surface area contributed by atoms with Gasteiger partial charge >= 0.3 is 0 Å². The van der Waals surface area contributed by atoms with E-state index in [2.05, 4.69) is 15.2 Å². The summed E-state index contributed by atoms with van der Waals surface area (Å²) in [6.07, 6.45) is 1.82. The molecule has 3 aromatic carbocycles. The first-order chi connectivity index (χ1) is 16.8. The third-order valence-electron chi connectivity index (χ3n) is 6.21. The number of aromatic nitrogens is 1. The lowest BCUT2D eigenvalue weighted by molar-refractivity contribution is -0.121. The predicted octanol–water partition coefficient (Wildman–Crippen LogP) is 3.42. The Bertz CT molecular complexity index is 1530. The molecule has 9 heteroatoms. The summed E-state index contributed by atoms with van der Waals surface area (Å²) in [4.78, 5) is 32.9. The largest absolute Gasteiger partial charge is 0.361 e. The molecule has 0 saturated heterocycles. The van der Waals surface area contributed by atoms with Gasteiger partial charge in [0.05, 0.1) is 10.9 Å². The van der Waals surface area contributed by atoms with E-state index in [1.165, 1.54) is 12.1 Å². The Balaban J connectivity index is 1.33. The lowest BCUT2D eigenvalue weighted by atomic mass is 9.97. The number of fused-ring (bicyclic) bond motifs is 2. The van der Waals surface area contributed by atoms with Crippen molar-refractivity contribution in [1.29, 1.82) is 0 Å². The zero-order valence-electron chi connectivity index (χ0n) is 19.0. The molecule has 1 aliphatic heterocycles. The molecule has 0 fully saturated rings. The van der Waals surface area contributed by atoms with Crippen LogP contribution in [0.1, 0.15) is 39.5 Å². The number of hydrogen-bond acceptors (Lipinski definition) is 4. The van der Waals surface area contributed by atoms with Gasteiger partial charge in [0, 0.05) is 41.2 Å². The molecule has 0 bridgehead atoms. The zero-order chi connectivity index (χ0) is 24.6. The molecular formula is C26H24N4O4S. The Morgan fingerprint density at radius 2 is 1.69 bits per heavy atom. The van der Waals surface area contributed by atoms with Crippen LogP contribution >= 0.6 is 0 Å². The lowest BCUT2D eigenvalue weighted by Crippen LogP contribution is -2.43. The van der Waals surface area contributed by atoms with Gasteiger partial charge in [-0.25, -0.2) is 8.42 Å². The number of amides is 2. The summed E-state index contributed by atoms with van der Waals surface area (Å²) in [5.74, 6) is -0.703. The standard InChI is InChI=1S/C26H24N4O4S/c1-17-10-12-18(13-11-17)35(33,34)29-28-24(31)14-15-30-25(20-7-2-3-8-21(20)26(30)32)22-16-27-23-9-5-4-6-19(22)23/h2-13,16,25,27,29H,14-15H2,1H3,(H,28,31)/t25-/m0/s1.